The predicted molar refractivity (Wildman–Crippen MR) is 101 cm³/mol. The molecule has 0 aromatic rings. The standard InChI is InChI=1S/C16H33N3O5S2/c1-14(2)8-15(9-14,10-17)12-25(20,21)19-13(26(22,23)24)16(11-18)6-4-3-5-7-16/h13,19H,3-12,17-18H2,1-2H3,(H,22,23,24). The molecule has 6 N–H and O–H groups in total. The van der Waals surface area contributed by atoms with Crippen molar-refractivity contribution in [3.63, 3.8) is 0 Å². The normalized spacial score (nSPS) is 26.0. The number of sulfonamides is 1. The van der Waals surface area contributed by atoms with Crippen molar-refractivity contribution in [3.8, 4) is 0 Å². The highest BCUT2D eigenvalue weighted by Gasteiger charge is 2.52. The molecule has 0 bridgehead atoms. The first-order valence-corrected chi connectivity index (χ1v) is 12.3. The maximum atomic E-state index is 12.8. The van der Waals surface area contributed by atoms with E-state index in [2.05, 4.69) is 4.72 Å². The Balaban J connectivity index is 2.25. The fourth-order valence-electron chi connectivity index (χ4n) is 5.22. The van der Waals surface area contributed by atoms with Gasteiger partial charge in [0.1, 0.15) is 0 Å². The molecule has 8 nitrogen and oxygen atoms in total. The van der Waals surface area contributed by atoms with E-state index in [1.54, 1.807) is 0 Å². The largest absolute Gasteiger partial charge is 0.330 e. The minimum atomic E-state index is -4.64. The van der Waals surface area contributed by atoms with Crippen molar-refractivity contribution in [1.29, 1.82) is 0 Å². The molecule has 0 aromatic heterocycles. The van der Waals surface area contributed by atoms with Gasteiger partial charge in [0.2, 0.25) is 10.0 Å². The van der Waals surface area contributed by atoms with E-state index in [9.17, 15) is 21.4 Å². The van der Waals surface area contributed by atoms with Gasteiger partial charge in [0.05, 0.1) is 5.75 Å². The van der Waals surface area contributed by atoms with Gasteiger partial charge in [-0.1, -0.05) is 33.1 Å². The van der Waals surface area contributed by atoms with Crippen LogP contribution in [0.3, 0.4) is 0 Å². The molecule has 0 aromatic carbocycles. The fourth-order valence-corrected chi connectivity index (χ4v) is 8.90. The number of hydrogen-bond donors (Lipinski definition) is 4. The number of nitrogens with two attached hydrogens (primary N) is 2. The van der Waals surface area contributed by atoms with Gasteiger partial charge in [-0.2, -0.15) is 13.1 Å². The monoisotopic (exact) mass is 411 g/mol. The Hall–Kier alpha value is -0.260. The highest BCUT2D eigenvalue weighted by molar-refractivity contribution is 7.91. The summed E-state index contributed by atoms with van der Waals surface area (Å²) in [6, 6.07) is 0. The molecule has 154 valence electrons. The van der Waals surface area contributed by atoms with Crippen LogP contribution in [0.25, 0.3) is 0 Å². The minimum absolute atomic E-state index is 0.00492. The number of rotatable bonds is 8. The lowest BCUT2D eigenvalue weighted by Gasteiger charge is -2.53. The lowest BCUT2D eigenvalue weighted by molar-refractivity contribution is 0.0139. The molecular weight excluding hydrogens is 378 g/mol. The summed E-state index contributed by atoms with van der Waals surface area (Å²) in [5.74, 6) is -0.243. The Labute approximate surface area is 157 Å². The van der Waals surface area contributed by atoms with Crippen LogP contribution in [0.15, 0.2) is 0 Å². The SMILES string of the molecule is CC1(C)CC(CN)(CS(=O)(=O)NC(C2(CN)CCCCC2)S(=O)(=O)O)C1. The van der Waals surface area contributed by atoms with E-state index < -0.39 is 36.3 Å². The van der Waals surface area contributed by atoms with Gasteiger partial charge in [-0.25, -0.2) is 8.42 Å². The maximum Gasteiger partial charge on any atom is 0.282 e. The molecule has 2 aliphatic rings. The first-order chi connectivity index (χ1) is 11.8. The second-order valence-electron chi connectivity index (χ2n) is 9.12. The molecule has 2 aliphatic carbocycles. The Bertz CT molecular complexity index is 704. The minimum Gasteiger partial charge on any atom is -0.330 e. The van der Waals surface area contributed by atoms with Gasteiger partial charge in [0.15, 0.2) is 5.37 Å². The fraction of sp³-hybridized carbons (Fsp3) is 1.00. The molecule has 0 spiro atoms. The smallest absolute Gasteiger partial charge is 0.282 e. The van der Waals surface area contributed by atoms with E-state index in [1.807, 2.05) is 13.8 Å². The molecule has 26 heavy (non-hydrogen) atoms. The summed E-state index contributed by atoms with van der Waals surface area (Å²) in [6.45, 7) is 4.31. The molecule has 2 rings (SSSR count). The lowest BCUT2D eigenvalue weighted by Crippen LogP contribution is -2.59. The third-order valence-corrected chi connectivity index (χ3v) is 8.98. The topological polar surface area (TPSA) is 153 Å². The Morgan fingerprint density at radius 3 is 1.92 bits per heavy atom. The number of hydrogen-bond acceptors (Lipinski definition) is 6. The van der Waals surface area contributed by atoms with Gasteiger partial charge in [-0.3, -0.25) is 4.55 Å². The van der Waals surface area contributed by atoms with E-state index in [0.717, 1.165) is 19.3 Å². The zero-order valence-electron chi connectivity index (χ0n) is 15.7. The van der Waals surface area contributed by atoms with Crippen LogP contribution in [0, 0.1) is 16.2 Å². The van der Waals surface area contributed by atoms with E-state index in [1.165, 1.54) is 0 Å². The maximum absolute atomic E-state index is 12.8. The van der Waals surface area contributed by atoms with E-state index in [-0.39, 0.29) is 24.3 Å². The van der Waals surface area contributed by atoms with E-state index in [0.29, 0.717) is 25.7 Å². The first-order valence-electron chi connectivity index (χ1n) is 9.15. The van der Waals surface area contributed by atoms with Crippen LogP contribution < -0.4 is 16.2 Å². The third kappa shape index (κ3) is 4.77. The summed E-state index contributed by atoms with van der Waals surface area (Å²) in [5.41, 5.74) is 10.2. The van der Waals surface area contributed by atoms with Gasteiger partial charge in [0.25, 0.3) is 10.1 Å². The highest BCUT2D eigenvalue weighted by Crippen LogP contribution is 2.54. The third-order valence-electron chi connectivity index (χ3n) is 6.03. The molecule has 1 unspecified atom stereocenters. The zero-order valence-corrected chi connectivity index (χ0v) is 17.3. The van der Waals surface area contributed by atoms with Crippen molar-refractivity contribution in [2.24, 2.45) is 27.7 Å². The van der Waals surface area contributed by atoms with Crippen molar-refractivity contribution in [3.05, 3.63) is 0 Å². The molecule has 0 saturated heterocycles. The van der Waals surface area contributed by atoms with Gasteiger partial charge in [-0.05, 0) is 43.1 Å². The van der Waals surface area contributed by atoms with Crippen LogP contribution in [-0.4, -0.2) is 45.6 Å². The van der Waals surface area contributed by atoms with Crippen LogP contribution in [0.5, 0.6) is 0 Å². The van der Waals surface area contributed by atoms with E-state index >= 15 is 0 Å². The Morgan fingerprint density at radius 2 is 1.54 bits per heavy atom. The first kappa shape index (κ1) is 22.0. The molecule has 0 radical (unpaired) electrons. The molecular formula is C16H33N3O5S2. The molecule has 1 atom stereocenters. The molecule has 0 amide bonds. The Kier molecular flexibility index (Phi) is 6.18. The van der Waals surface area contributed by atoms with Crippen LogP contribution in [-0.2, 0) is 20.1 Å². The van der Waals surface area contributed by atoms with Gasteiger partial charge < -0.3 is 11.5 Å². The zero-order chi connectivity index (χ0) is 19.9. The van der Waals surface area contributed by atoms with Crippen LogP contribution in [0.2, 0.25) is 0 Å². The summed E-state index contributed by atoms with van der Waals surface area (Å²) in [5, 5.41) is -1.62. The van der Waals surface area contributed by atoms with Gasteiger partial charge in [0, 0.05) is 12.0 Å². The molecule has 2 saturated carbocycles. The van der Waals surface area contributed by atoms with Gasteiger partial charge >= 0.3 is 0 Å². The molecule has 2 fully saturated rings. The average molecular weight is 412 g/mol. The van der Waals surface area contributed by atoms with Crippen molar-refractivity contribution < 1.29 is 21.4 Å². The van der Waals surface area contributed by atoms with Crippen LogP contribution in [0.4, 0.5) is 0 Å². The van der Waals surface area contributed by atoms with Crippen molar-refractivity contribution >= 4 is 20.1 Å². The second-order valence-corrected chi connectivity index (χ2v) is 12.4. The molecule has 0 aliphatic heterocycles. The van der Waals surface area contributed by atoms with Crippen LogP contribution >= 0.6 is 0 Å². The van der Waals surface area contributed by atoms with Crippen LogP contribution in [0.1, 0.15) is 58.8 Å². The second kappa shape index (κ2) is 7.29. The Morgan fingerprint density at radius 1 is 1.00 bits per heavy atom. The molecule has 0 heterocycles. The quantitative estimate of drug-likeness (QED) is 0.431. The average Bonchev–Trinajstić information content (AvgIpc) is 2.50. The summed E-state index contributed by atoms with van der Waals surface area (Å²) in [7, 11) is -8.61. The van der Waals surface area contributed by atoms with Crippen molar-refractivity contribution in [1.82, 2.24) is 4.72 Å². The predicted octanol–water partition coefficient (Wildman–Crippen LogP) is 0.794. The van der Waals surface area contributed by atoms with Crippen molar-refractivity contribution in [2.75, 3.05) is 18.8 Å². The summed E-state index contributed by atoms with van der Waals surface area (Å²) in [6.07, 6.45) is 4.71. The highest BCUT2D eigenvalue weighted by atomic mass is 32.2. The van der Waals surface area contributed by atoms with E-state index in [4.69, 9.17) is 11.5 Å². The van der Waals surface area contributed by atoms with Crippen molar-refractivity contribution in [2.45, 2.75) is 64.2 Å². The molecule has 10 heteroatoms. The summed E-state index contributed by atoms with van der Waals surface area (Å²) < 4.78 is 61.7. The number of nitrogens with one attached hydrogen (secondary N) is 1. The summed E-state index contributed by atoms with van der Waals surface area (Å²) in [4.78, 5) is 0. The lowest BCUT2D eigenvalue weighted by atomic mass is 9.55. The van der Waals surface area contributed by atoms with Gasteiger partial charge in [-0.15, -0.1) is 0 Å². The summed E-state index contributed by atoms with van der Waals surface area (Å²) >= 11 is 0.